The van der Waals surface area contributed by atoms with Crippen LogP contribution in [0.3, 0.4) is 0 Å². The number of fused-ring (bicyclic) bond motifs is 1. The van der Waals surface area contributed by atoms with Crippen LogP contribution < -0.4 is 10.6 Å². The molecule has 2 aliphatic rings. The van der Waals surface area contributed by atoms with Gasteiger partial charge in [-0.1, -0.05) is 6.42 Å². The second kappa shape index (κ2) is 7.98. The smallest absolute Gasteiger partial charge is 0.239 e. The van der Waals surface area contributed by atoms with Crippen molar-refractivity contribution in [3.05, 3.63) is 16.0 Å². The monoisotopic (exact) mass is 360 g/mol. The lowest BCUT2D eigenvalue weighted by Gasteiger charge is -2.22. The number of thiophene rings is 1. The van der Waals surface area contributed by atoms with Crippen LogP contribution in [0.5, 0.6) is 0 Å². The molecule has 134 valence electrons. The minimum Gasteiger partial charge on any atom is -0.358 e. The standard InChI is InChI=1S/C18H24N4O2S/c1-20-17(24)14-7-5-9-22(14)11-16(23)21-18-13(10-19)12-6-3-2-4-8-15(12)25-18/h14H,2-9,11H2,1H3,(H,20,24)(H,21,23). The molecule has 1 unspecified atom stereocenters. The van der Waals surface area contributed by atoms with Gasteiger partial charge in [-0.3, -0.25) is 14.5 Å². The highest BCUT2D eigenvalue weighted by Gasteiger charge is 2.31. The Labute approximate surface area is 152 Å². The van der Waals surface area contributed by atoms with Crippen LogP contribution in [0.2, 0.25) is 0 Å². The second-order valence-electron chi connectivity index (χ2n) is 6.67. The Morgan fingerprint density at radius 3 is 2.84 bits per heavy atom. The van der Waals surface area contributed by atoms with Crippen molar-refractivity contribution in [1.82, 2.24) is 10.2 Å². The zero-order chi connectivity index (χ0) is 17.8. The topological polar surface area (TPSA) is 85.2 Å². The molecule has 1 aliphatic carbocycles. The molecule has 0 bridgehead atoms. The number of carbonyl (C=O) groups is 2. The lowest BCUT2D eigenvalue weighted by Crippen LogP contribution is -2.45. The first-order valence-electron chi connectivity index (χ1n) is 8.94. The Kier molecular flexibility index (Phi) is 5.71. The molecule has 1 atom stereocenters. The van der Waals surface area contributed by atoms with Gasteiger partial charge < -0.3 is 10.6 Å². The van der Waals surface area contributed by atoms with E-state index in [2.05, 4.69) is 16.7 Å². The molecule has 0 saturated carbocycles. The van der Waals surface area contributed by atoms with Gasteiger partial charge in [0.25, 0.3) is 0 Å². The number of nitriles is 1. The number of nitrogens with one attached hydrogen (secondary N) is 2. The van der Waals surface area contributed by atoms with E-state index in [4.69, 9.17) is 0 Å². The summed E-state index contributed by atoms with van der Waals surface area (Å²) in [5.74, 6) is -0.186. The van der Waals surface area contributed by atoms with Crippen molar-refractivity contribution < 1.29 is 9.59 Å². The number of nitrogens with zero attached hydrogens (tertiary/aromatic N) is 2. The fourth-order valence-electron chi connectivity index (χ4n) is 3.78. The zero-order valence-electron chi connectivity index (χ0n) is 14.6. The quantitative estimate of drug-likeness (QED) is 0.805. The average Bonchev–Trinajstić information content (AvgIpc) is 3.11. The summed E-state index contributed by atoms with van der Waals surface area (Å²) < 4.78 is 0. The summed E-state index contributed by atoms with van der Waals surface area (Å²) in [4.78, 5) is 27.6. The number of rotatable bonds is 4. The maximum atomic E-state index is 12.5. The van der Waals surface area contributed by atoms with E-state index >= 15 is 0 Å². The molecule has 25 heavy (non-hydrogen) atoms. The van der Waals surface area contributed by atoms with E-state index in [1.165, 1.54) is 11.3 Å². The third-order valence-electron chi connectivity index (χ3n) is 5.05. The van der Waals surface area contributed by atoms with Crippen LogP contribution in [0.4, 0.5) is 5.00 Å². The first-order valence-corrected chi connectivity index (χ1v) is 9.75. The third kappa shape index (κ3) is 3.86. The van der Waals surface area contributed by atoms with Crippen molar-refractivity contribution in [2.45, 2.75) is 51.0 Å². The maximum Gasteiger partial charge on any atom is 0.239 e. The van der Waals surface area contributed by atoms with E-state index in [1.807, 2.05) is 4.90 Å². The molecular weight excluding hydrogens is 336 g/mol. The zero-order valence-corrected chi connectivity index (χ0v) is 15.4. The van der Waals surface area contributed by atoms with E-state index in [1.54, 1.807) is 18.4 Å². The number of hydrogen-bond acceptors (Lipinski definition) is 5. The molecule has 1 fully saturated rings. The van der Waals surface area contributed by atoms with Crippen molar-refractivity contribution in [2.24, 2.45) is 0 Å². The molecular formula is C18H24N4O2S. The summed E-state index contributed by atoms with van der Waals surface area (Å²) in [5.41, 5.74) is 1.77. The Hall–Kier alpha value is -1.91. The minimum atomic E-state index is -0.230. The number of aryl methyl sites for hydroxylation is 1. The summed E-state index contributed by atoms with van der Waals surface area (Å²) in [7, 11) is 1.62. The number of hydrogen-bond donors (Lipinski definition) is 2. The molecule has 1 aromatic rings. The largest absolute Gasteiger partial charge is 0.358 e. The van der Waals surface area contributed by atoms with Crippen LogP contribution in [-0.4, -0.2) is 42.9 Å². The van der Waals surface area contributed by atoms with E-state index in [0.717, 1.165) is 50.6 Å². The molecule has 1 saturated heterocycles. The van der Waals surface area contributed by atoms with E-state index in [9.17, 15) is 14.9 Å². The van der Waals surface area contributed by atoms with Crippen molar-refractivity contribution in [3.8, 4) is 6.07 Å². The summed E-state index contributed by atoms with van der Waals surface area (Å²) in [6.45, 7) is 0.934. The fourth-order valence-corrected chi connectivity index (χ4v) is 5.03. The van der Waals surface area contributed by atoms with Gasteiger partial charge >= 0.3 is 0 Å². The van der Waals surface area contributed by atoms with Gasteiger partial charge in [0, 0.05) is 11.9 Å². The summed E-state index contributed by atoms with van der Waals surface area (Å²) >= 11 is 1.55. The predicted molar refractivity (Wildman–Crippen MR) is 97.6 cm³/mol. The number of likely N-dealkylation sites (tertiary alicyclic amines) is 1. The van der Waals surface area contributed by atoms with Crippen LogP contribution in [0, 0.1) is 11.3 Å². The van der Waals surface area contributed by atoms with Gasteiger partial charge in [0.15, 0.2) is 0 Å². The van der Waals surface area contributed by atoms with Gasteiger partial charge in [0.05, 0.1) is 18.2 Å². The first kappa shape index (κ1) is 17.9. The molecule has 3 rings (SSSR count). The van der Waals surface area contributed by atoms with E-state index in [-0.39, 0.29) is 24.4 Å². The Balaban J connectivity index is 1.69. The Morgan fingerprint density at radius 2 is 2.08 bits per heavy atom. The molecule has 7 heteroatoms. The molecule has 2 N–H and O–H groups in total. The van der Waals surface area contributed by atoms with Gasteiger partial charge in [0.1, 0.15) is 11.1 Å². The molecule has 1 aromatic heterocycles. The third-order valence-corrected chi connectivity index (χ3v) is 6.25. The summed E-state index contributed by atoms with van der Waals surface area (Å²) in [6.07, 6.45) is 7.07. The molecule has 0 radical (unpaired) electrons. The van der Waals surface area contributed by atoms with Crippen LogP contribution >= 0.6 is 11.3 Å². The van der Waals surface area contributed by atoms with E-state index in [0.29, 0.717) is 10.6 Å². The maximum absolute atomic E-state index is 12.5. The number of carbonyl (C=O) groups excluding carboxylic acids is 2. The number of amides is 2. The highest BCUT2D eigenvalue weighted by Crippen LogP contribution is 2.37. The van der Waals surface area contributed by atoms with Crippen molar-refractivity contribution in [2.75, 3.05) is 25.5 Å². The van der Waals surface area contributed by atoms with Gasteiger partial charge in [-0.15, -0.1) is 11.3 Å². The highest BCUT2D eigenvalue weighted by atomic mass is 32.1. The SMILES string of the molecule is CNC(=O)C1CCCN1CC(=O)Nc1sc2c(c1C#N)CCCCC2. The van der Waals surface area contributed by atoms with Crippen LogP contribution in [0.15, 0.2) is 0 Å². The lowest BCUT2D eigenvalue weighted by molar-refractivity contribution is -0.126. The number of anilines is 1. The summed E-state index contributed by atoms with van der Waals surface area (Å²) in [5, 5.41) is 15.8. The van der Waals surface area contributed by atoms with Crippen molar-refractivity contribution in [3.63, 3.8) is 0 Å². The van der Waals surface area contributed by atoms with Gasteiger partial charge in [0.2, 0.25) is 11.8 Å². The first-order chi connectivity index (χ1) is 12.1. The van der Waals surface area contributed by atoms with Crippen molar-refractivity contribution in [1.29, 1.82) is 5.26 Å². The molecule has 6 nitrogen and oxygen atoms in total. The second-order valence-corrected chi connectivity index (χ2v) is 7.78. The van der Waals surface area contributed by atoms with E-state index < -0.39 is 0 Å². The van der Waals surface area contributed by atoms with Crippen LogP contribution in [0.1, 0.15) is 48.1 Å². The van der Waals surface area contributed by atoms with Crippen molar-refractivity contribution >= 4 is 28.2 Å². The minimum absolute atomic E-state index is 0.0362. The molecule has 0 spiro atoms. The molecule has 2 amide bonds. The Bertz CT molecular complexity index is 707. The Morgan fingerprint density at radius 1 is 1.28 bits per heavy atom. The van der Waals surface area contributed by atoms with Gasteiger partial charge in [-0.2, -0.15) is 5.26 Å². The molecule has 1 aliphatic heterocycles. The normalized spacial score (nSPS) is 20.4. The van der Waals surface area contributed by atoms with Crippen LogP contribution in [-0.2, 0) is 22.4 Å². The lowest BCUT2D eigenvalue weighted by atomic mass is 10.1. The number of likely N-dealkylation sites (N-methyl/N-ethyl adjacent to an activating group) is 1. The van der Waals surface area contributed by atoms with Crippen LogP contribution in [0.25, 0.3) is 0 Å². The average molecular weight is 360 g/mol. The molecule has 0 aromatic carbocycles. The van der Waals surface area contributed by atoms with Gasteiger partial charge in [-0.05, 0) is 50.6 Å². The molecule has 2 heterocycles. The van der Waals surface area contributed by atoms with Gasteiger partial charge in [-0.25, -0.2) is 0 Å². The predicted octanol–water partition coefficient (Wildman–Crippen LogP) is 2.04. The highest BCUT2D eigenvalue weighted by molar-refractivity contribution is 7.16. The summed E-state index contributed by atoms with van der Waals surface area (Å²) in [6, 6.07) is 2.05. The fraction of sp³-hybridized carbons (Fsp3) is 0.611.